The van der Waals surface area contributed by atoms with Gasteiger partial charge in [0.25, 0.3) is 0 Å². The van der Waals surface area contributed by atoms with E-state index in [9.17, 15) is 0 Å². The second-order valence-corrected chi connectivity index (χ2v) is 8.30. The van der Waals surface area contributed by atoms with Crippen LogP contribution in [0.4, 0.5) is 0 Å². The average Bonchev–Trinajstić information content (AvgIpc) is 2.59. The first-order chi connectivity index (χ1) is 11.6. The van der Waals surface area contributed by atoms with Crippen LogP contribution in [-0.4, -0.2) is 24.5 Å². The van der Waals surface area contributed by atoms with Crippen LogP contribution in [-0.2, 0) is 0 Å². The summed E-state index contributed by atoms with van der Waals surface area (Å²) in [4.78, 5) is 2.86. The third-order valence-corrected chi connectivity index (χ3v) is 5.74. The van der Waals surface area contributed by atoms with E-state index in [1.165, 1.54) is 90.3 Å². The predicted octanol–water partition coefficient (Wildman–Crippen LogP) is 7.55. The van der Waals surface area contributed by atoms with E-state index >= 15 is 0 Å². The molecule has 0 fully saturated rings. The van der Waals surface area contributed by atoms with Crippen LogP contribution in [0, 0.1) is 17.8 Å². The molecule has 0 heterocycles. The van der Waals surface area contributed by atoms with Gasteiger partial charge < -0.3 is 4.90 Å². The predicted molar refractivity (Wildman–Crippen MR) is 112 cm³/mol. The minimum atomic E-state index is 0.859. The second kappa shape index (κ2) is 16.4. The molecule has 3 atom stereocenters. The fourth-order valence-electron chi connectivity index (χ4n) is 3.87. The molecule has 1 nitrogen and oxygen atoms in total. The Balaban J connectivity index is 4.65. The lowest BCUT2D eigenvalue weighted by Crippen LogP contribution is -2.37. The monoisotopic (exact) mass is 339 g/mol. The summed E-state index contributed by atoms with van der Waals surface area (Å²) in [5.41, 5.74) is 0. The van der Waals surface area contributed by atoms with Crippen molar-refractivity contribution in [3.05, 3.63) is 0 Å². The van der Waals surface area contributed by atoms with Gasteiger partial charge in [0.2, 0.25) is 0 Å². The summed E-state index contributed by atoms with van der Waals surface area (Å²) in [6.07, 6.45) is 15.2. The van der Waals surface area contributed by atoms with Gasteiger partial charge in [-0.25, -0.2) is 0 Å². The molecule has 0 N–H and O–H groups in total. The highest BCUT2D eigenvalue weighted by molar-refractivity contribution is 4.72. The van der Waals surface area contributed by atoms with Gasteiger partial charge in [0.15, 0.2) is 0 Å². The van der Waals surface area contributed by atoms with Gasteiger partial charge in [-0.05, 0) is 37.0 Å². The van der Waals surface area contributed by atoms with Gasteiger partial charge in [0.1, 0.15) is 0 Å². The number of nitrogens with zero attached hydrogens (tertiary/aromatic N) is 1. The Labute approximate surface area is 155 Å². The van der Waals surface area contributed by atoms with Gasteiger partial charge in [-0.15, -0.1) is 0 Å². The normalized spacial score (nSPS) is 15.6. The summed E-state index contributed by atoms with van der Waals surface area (Å²) in [6, 6.07) is 0. The minimum Gasteiger partial charge on any atom is -0.303 e. The van der Waals surface area contributed by atoms with E-state index in [1.54, 1.807) is 0 Å². The molecule has 0 radical (unpaired) electrons. The molecule has 0 bridgehead atoms. The summed E-state index contributed by atoms with van der Waals surface area (Å²) < 4.78 is 0. The zero-order valence-electron chi connectivity index (χ0n) is 18.1. The first-order valence-corrected chi connectivity index (χ1v) is 11.3. The molecular formula is C23H49N. The van der Waals surface area contributed by atoms with Gasteiger partial charge in [0, 0.05) is 19.6 Å². The van der Waals surface area contributed by atoms with E-state index in [0.29, 0.717) is 0 Å². The molecule has 146 valence electrons. The molecule has 0 rings (SSSR count). The number of hydrogen-bond donors (Lipinski definition) is 0. The Kier molecular flexibility index (Phi) is 16.4. The van der Waals surface area contributed by atoms with Crippen molar-refractivity contribution in [2.45, 2.75) is 112 Å². The fourth-order valence-corrected chi connectivity index (χ4v) is 3.87. The van der Waals surface area contributed by atoms with Crippen LogP contribution in [0.1, 0.15) is 112 Å². The number of unbranched alkanes of at least 4 members (excludes halogenated alkanes) is 3. The van der Waals surface area contributed by atoms with Crippen LogP contribution in [0.5, 0.6) is 0 Å². The minimum absolute atomic E-state index is 0.859. The smallest absolute Gasteiger partial charge is 0.000978 e. The molecule has 0 aromatic rings. The van der Waals surface area contributed by atoms with Gasteiger partial charge in [-0.2, -0.15) is 0 Å². The van der Waals surface area contributed by atoms with Crippen molar-refractivity contribution < 1.29 is 0 Å². The lowest BCUT2D eigenvalue weighted by molar-refractivity contribution is 0.158. The zero-order chi connectivity index (χ0) is 18.2. The Bertz CT molecular complexity index is 232. The summed E-state index contributed by atoms with van der Waals surface area (Å²) in [7, 11) is 0. The maximum Gasteiger partial charge on any atom is 0.000978 e. The Morgan fingerprint density at radius 3 is 1.38 bits per heavy atom. The highest BCUT2D eigenvalue weighted by atomic mass is 15.1. The van der Waals surface area contributed by atoms with E-state index in [1.807, 2.05) is 0 Å². The lowest BCUT2D eigenvalue weighted by Gasteiger charge is -2.32. The summed E-state index contributed by atoms with van der Waals surface area (Å²) in [5, 5.41) is 0. The third kappa shape index (κ3) is 12.3. The van der Waals surface area contributed by atoms with E-state index in [2.05, 4.69) is 46.4 Å². The highest BCUT2D eigenvalue weighted by Crippen LogP contribution is 2.21. The molecule has 0 spiro atoms. The molecule has 0 saturated heterocycles. The fraction of sp³-hybridized carbons (Fsp3) is 1.00. The molecule has 1 heteroatoms. The van der Waals surface area contributed by atoms with Crippen molar-refractivity contribution in [2.24, 2.45) is 17.8 Å². The van der Waals surface area contributed by atoms with Crippen molar-refractivity contribution in [3.63, 3.8) is 0 Å². The van der Waals surface area contributed by atoms with E-state index < -0.39 is 0 Å². The van der Waals surface area contributed by atoms with Crippen LogP contribution >= 0.6 is 0 Å². The topological polar surface area (TPSA) is 3.24 Å². The molecule has 0 aliphatic heterocycles. The molecule has 3 unspecified atom stereocenters. The summed E-state index contributed by atoms with van der Waals surface area (Å²) >= 11 is 0. The molecular weight excluding hydrogens is 290 g/mol. The standard InChI is InChI=1S/C23H49N/c1-7-12-15-21(6)18-24(19-22(10-4)16-13-8-2)20-23(11-5)17-14-9-3/h21-23H,7-20H2,1-6H3. The first-order valence-electron chi connectivity index (χ1n) is 11.3. The van der Waals surface area contributed by atoms with Crippen LogP contribution < -0.4 is 0 Å². The van der Waals surface area contributed by atoms with Crippen LogP contribution in [0.15, 0.2) is 0 Å². The Morgan fingerprint density at radius 1 is 0.583 bits per heavy atom. The lowest BCUT2D eigenvalue weighted by atomic mass is 9.94. The van der Waals surface area contributed by atoms with Crippen molar-refractivity contribution in [1.29, 1.82) is 0 Å². The third-order valence-electron chi connectivity index (χ3n) is 5.74. The van der Waals surface area contributed by atoms with Gasteiger partial charge in [-0.1, -0.05) is 92.9 Å². The van der Waals surface area contributed by atoms with Crippen molar-refractivity contribution in [3.8, 4) is 0 Å². The molecule has 0 aliphatic carbocycles. The quantitative estimate of drug-likeness (QED) is 0.264. The summed E-state index contributed by atoms with van der Waals surface area (Å²) in [6.45, 7) is 18.3. The van der Waals surface area contributed by atoms with Crippen molar-refractivity contribution >= 4 is 0 Å². The van der Waals surface area contributed by atoms with Gasteiger partial charge in [-0.3, -0.25) is 0 Å². The largest absolute Gasteiger partial charge is 0.303 e. The Morgan fingerprint density at radius 2 is 1.00 bits per heavy atom. The summed E-state index contributed by atoms with van der Waals surface area (Å²) in [5.74, 6) is 2.68. The van der Waals surface area contributed by atoms with Crippen LogP contribution in [0.25, 0.3) is 0 Å². The van der Waals surface area contributed by atoms with Gasteiger partial charge in [0.05, 0.1) is 0 Å². The van der Waals surface area contributed by atoms with Crippen molar-refractivity contribution in [2.75, 3.05) is 19.6 Å². The zero-order valence-corrected chi connectivity index (χ0v) is 18.1. The number of hydrogen-bond acceptors (Lipinski definition) is 1. The first kappa shape index (κ1) is 24.0. The van der Waals surface area contributed by atoms with E-state index in [0.717, 1.165) is 17.8 Å². The van der Waals surface area contributed by atoms with Gasteiger partial charge >= 0.3 is 0 Å². The maximum absolute atomic E-state index is 2.86. The molecule has 24 heavy (non-hydrogen) atoms. The molecule has 0 aliphatic rings. The van der Waals surface area contributed by atoms with Crippen molar-refractivity contribution in [1.82, 2.24) is 4.90 Å². The number of rotatable bonds is 17. The molecule has 0 saturated carbocycles. The van der Waals surface area contributed by atoms with Crippen LogP contribution in [0.3, 0.4) is 0 Å². The second-order valence-electron chi connectivity index (χ2n) is 8.30. The van der Waals surface area contributed by atoms with E-state index in [-0.39, 0.29) is 0 Å². The highest BCUT2D eigenvalue weighted by Gasteiger charge is 2.18. The molecule has 0 aromatic heterocycles. The SMILES string of the molecule is CCCCC(C)CN(CC(CC)CCCC)CC(CC)CCCC. The van der Waals surface area contributed by atoms with E-state index in [4.69, 9.17) is 0 Å². The molecule has 0 aromatic carbocycles. The average molecular weight is 340 g/mol. The van der Waals surface area contributed by atoms with Crippen LogP contribution in [0.2, 0.25) is 0 Å². The molecule has 0 amide bonds. The maximum atomic E-state index is 2.86. The Hall–Kier alpha value is -0.0400.